The first-order valence-corrected chi connectivity index (χ1v) is 6.75. The van der Waals surface area contributed by atoms with E-state index in [1.165, 1.54) is 63.7 Å². The van der Waals surface area contributed by atoms with Gasteiger partial charge in [-0.05, 0) is 61.9 Å². The van der Waals surface area contributed by atoms with Crippen LogP contribution in [0.5, 0.6) is 0 Å². The number of fused-ring (bicyclic) bond motifs is 1. The molecule has 0 unspecified atom stereocenters. The van der Waals surface area contributed by atoms with E-state index in [0.29, 0.717) is 0 Å². The van der Waals surface area contributed by atoms with Gasteiger partial charge >= 0.3 is 0 Å². The molecule has 0 N–H and O–H groups in total. The molecule has 1 aliphatic heterocycles. The Morgan fingerprint density at radius 3 is 2.56 bits per heavy atom. The van der Waals surface area contributed by atoms with Crippen LogP contribution in [-0.4, -0.2) is 18.0 Å². The Bertz CT molecular complexity index is 364. The number of nitrogens with zero attached hydrogens (tertiary/aromatic N) is 1. The van der Waals surface area contributed by atoms with Gasteiger partial charge in [0.05, 0.1) is 0 Å². The van der Waals surface area contributed by atoms with Gasteiger partial charge in [0.25, 0.3) is 0 Å². The van der Waals surface area contributed by atoms with Crippen LogP contribution in [-0.2, 0) is 19.4 Å². The Balaban J connectivity index is 1.69. The minimum Gasteiger partial charge on any atom is -0.299 e. The van der Waals surface area contributed by atoms with Gasteiger partial charge in [-0.1, -0.05) is 24.6 Å². The van der Waals surface area contributed by atoms with Gasteiger partial charge in [0.15, 0.2) is 0 Å². The minimum absolute atomic E-state index is 1.17. The molecule has 86 valence electrons. The Labute approximate surface area is 98.5 Å². The predicted octanol–water partition coefficient (Wildman–Crippen LogP) is 3.16. The van der Waals surface area contributed by atoms with Crippen molar-refractivity contribution in [1.82, 2.24) is 4.90 Å². The molecule has 3 rings (SSSR count). The number of hydrogen-bond acceptors (Lipinski definition) is 1. The number of rotatable bonds is 2. The fraction of sp³-hybridized carbons (Fsp3) is 0.600. The van der Waals surface area contributed by atoms with Gasteiger partial charge in [0.1, 0.15) is 0 Å². The van der Waals surface area contributed by atoms with Crippen LogP contribution in [0.15, 0.2) is 18.2 Å². The maximum atomic E-state index is 2.61. The minimum atomic E-state index is 1.17. The van der Waals surface area contributed by atoms with Crippen LogP contribution in [0.2, 0.25) is 0 Å². The highest BCUT2D eigenvalue weighted by Crippen LogP contribution is 2.23. The summed E-state index contributed by atoms with van der Waals surface area (Å²) in [5.41, 5.74) is 4.75. The van der Waals surface area contributed by atoms with E-state index in [1.807, 2.05) is 0 Å². The highest BCUT2D eigenvalue weighted by molar-refractivity contribution is 5.35. The molecule has 1 heteroatoms. The predicted molar refractivity (Wildman–Crippen MR) is 67.6 cm³/mol. The third kappa shape index (κ3) is 2.15. The van der Waals surface area contributed by atoms with Crippen molar-refractivity contribution in [2.75, 3.05) is 13.1 Å². The second kappa shape index (κ2) is 4.58. The van der Waals surface area contributed by atoms with E-state index in [4.69, 9.17) is 0 Å². The van der Waals surface area contributed by atoms with E-state index in [2.05, 4.69) is 23.1 Å². The van der Waals surface area contributed by atoms with Crippen LogP contribution in [0.25, 0.3) is 0 Å². The first-order valence-electron chi connectivity index (χ1n) is 6.75. The van der Waals surface area contributed by atoms with Crippen molar-refractivity contribution in [3.63, 3.8) is 0 Å². The van der Waals surface area contributed by atoms with Gasteiger partial charge < -0.3 is 0 Å². The molecule has 0 aromatic heterocycles. The van der Waals surface area contributed by atoms with Crippen LogP contribution in [0.1, 0.15) is 42.4 Å². The number of aryl methyl sites for hydroxylation is 2. The van der Waals surface area contributed by atoms with Gasteiger partial charge in [0.2, 0.25) is 0 Å². The summed E-state index contributed by atoms with van der Waals surface area (Å²) in [7, 11) is 0. The first kappa shape index (κ1) is 10.3. The molecule has 16 heavy (non-hydrogen) atoms. The van der Waals surface area contributed by atoms with Crippen molar-refractivity contribution in [1.29, 1.82) is 0 Å². The summed E-state index contributed by atoms with van der Waals surface area (Å²) in [5.74, 6) is 0. The monoisotopic (exact) mass is 215 g/mol. The molecule has 2 aliphatic rings. The summed E-state index contributed by atoms with van der Waals surface area (Å²) >= 11 is 0. The standard InChI is InChI=1S/C15H21N/c1-2-9-16(10-3-1)12-13-7-8-14-5-4-6-15(14)11-13/h7-8,11H,1-6,9-10,12H2. The molecule has 0 spiro atoms. The SMILES string of the molecule is c1cc2c(cc1CN1CCCCC1)CCC2. The molecule has 0 radical (unpaired) electrons. The molecular formula is C15H21N. The molecule has 0 bridgehead atoms. The fourth-order valence-corrected chi connectivity index (χ4v) is 3.10. The van der Waals surface area contributed by atoms with Gasteiger partial charge in [-0.25, -0.2) is 0 Å². The average molecular weight is 215 g/mol. The van der Waals surface area contributed by atoms with Crippen molar-refractivity contribution >= 4 is 0 Å². The van der Waals surface area contributed by atoms with Gasteiger partial charge in [-0.2, -0.15) is 0 Å². The number of likely N-dealkylation sites (tertiary alicyclic amines) is 1. The Morgan fingerprint density at radius 2 is 1.69 bits per heavy atom. The third-order valence-electron chi connectivity index (χ3n) is 4.02. The molecule has 1 heterocycles. The third-order valence-corrected chi connectivity index (χ3v) is 4.02. The number of hydrogen-bond donors (Lipinski definition) is 0. The van der Waals surface area contributed by atoms with Gasteiger partial charge in [-0.3, -0.25) is 4.90 Å². The molecule has 0 saturated carbocycles. The molecule has 0 amide bonds. The summed E-state index contributed by atoms with van der Waals surface area (Å²) in [6.45, 7) is 3.78. The Morgan fingerprint density at radius 1 is 0.875 bits per heavy atom. The average Bonchev–Trinajstić information content (AvgIpc) is 2.77. The lowest BCUT2D eigenvalue weighted by molar-refractivity contribution is 0.221. The van der Waals surface area contributed by atoms with Crippen LogP contribution < -0.4 is 0 Å². The van der Waals surface area contributed by atoms with Crippen LogP contribution in [0, 0.1) is 0 Å². The normalized spacial score (nSPS) is 21.0. The highest BCUT2D eigenvalue weighted by Gasteiger charge is 2.13. The van der Waals surface area contributed by atoms with Gasteiger partial charge in [-0.15, -0.1) is 0 Å². The first-order chi connectivity index (χ1) is 7.92. The van der Waals surface area contributed by atoms with E-state index in [9.17, 15) is 0 Å². The molecule has 1 aromatic rings. The molecule has 0 atom stereocenters. The zero-order chi connectivity index (χ0) is 10.8. The summed E-state index contributed by atoms with van der Waals surface area (Å²) < 4.78 is 0. The Kier molecular flexibility index (Phi) is 2.96. The summed E-state index contributed by atoms with van der Waals surface area (Å²) in [5, 5.41) is 0. The van der Waals surface area contributed by atoms with Crippen molar-refractivity contribution in [2.24, 2.45) is 0 Å². The van der Waals surface area contributed by atoms with Crippen LogP contribution >= 0.6 is 0 Å². The van der Waals surface area contributed by atoms with E-state index in [1.54, 1.807) is 11.1 Å². The molecular weight excluding hydrogens is 194 g/mol. The highest BCUT2D eigenvalue weighted by atomic mass is 15.1. The lowest BCUT2D eigenvalue weighted by atomic mass is 10.0. The van der Waals surface area contributed by atoms with E-state index < -0.39 is 0 Å². The smallest absolute Gasteiger partial charge is 0.0233 e. The molecule has 1 aromatic carbocycles. The molecule has 1 fully saturated rings. The largest absolute Gasteiger partial charge is 0.299 e. The number of piperidine rings is 1. The van der Waals surface area contributed by atoms with Crippen molar-refractivity contribution < 1.29 is 0 Å². The van der Waals surface area contributed by atoms with Crippen molar-refractivity contribution in [3.8, 4) is 0 Å². The summed E-state index contributed by atoms with van der Waals surface area (Å²) in [6, 6.07) is 7.16. The fourth-order valence-electron chi connectivity index (χ4n) is 3.10. The molecule has 1 saturated heterocycles. The van der Waals surface area contributed by atoms with E-state index in [0.717, 1.165) is 0 Å². The number of benzene rings is 1. The summed E-state index contributed by atoms with van der Waals surface area (Å²) in [4.78, 5) is 2.61. The van der Waals surface area contributed by atoms with Gasteiger partial charge in [0, 0.05) is 6.54 Å². The van der Waals surface area contributed by atoms with Crippen molar-refractivity contribution in [3.05, 3.63) is 34.9 Å². The van der Waals surface area contributed by atoms with Crippen LogP contribution in [0.3, 0.4) is 0 Å². The lowest BCUT2D eigenvalue weighted by Gasteiger charge is -2.26. The van der Waals surface area contributed by atoms with Crippen molar-refractivity contribution in [2.45, 2.75) is 45.1 Å². The molecule has 1 nitrogen and oxygen atoms in total. The maximum Gasteiger partial charge on any atom is 0.0233 e. The maximum absolute atomic E-state index is 2.61. The lowest BCUT2D eigenvalue weighted by Crippen LogP contribution is -2.29. The molecule has 1 aliphatic carbocycles. The summed E-state index contributed by atoms with van der Waals surface area (Å²) in [6.07, 6.45) is 8.20. The van der Waals surface area contributed by atoms with E-state index >= 15 is 0 Å². The Hall–Kier alpha value is -0.820. The zero-order valence-electron chi connectivity index (χ0n) is 10.0. The topological polar surface area (TPSA) is 3.24 Å². The van der Waals surface area contributed by atoms with E-state index in [-0.39, 0.29) is 0 Å². The second-order valence-electron chi connectivity index (χ2n) is 5.29. The van der Waals surface area contributed by atoms with Crippen LogP contribution in [0.4, 0.5) is 0 Å². The second-order valence-corrected chi connectivity index (χ2v) is 5.29. The zero-order valence-corrected chi connectivity index (χ0v) is 10.0. The quantitative estimate of drug-likeness (QED) is 0.732.